The fourth-order valence-corrected chi connectivity index (χ4v) is 2.47. The summed E-state index contributed by atoms with van der Waals surface area (Å²) in [5.74, 6) is 1.38. The Hall–Kier alpha value is -3.47. The van der Waals surface area contributed by atoms with E-state index in [-0.39, 0.29) is 29.2 Å². The average molecular weight is 359 g/mol. The number of amides is 1. The lowest BCUT2D eigenvalue weighted by Gasteiger charge is -2.07. The molecule has 0 aliphatic rings. The molecule has 0 saturated heterocycles. The smallest absolute Gasteiger partial charge is 0.387 e. The van der Waals surface area contributed by atoms with E-state index in [0.29, 0.717) is 5.39 Å². The molecule has 5 nitrogen and oxygen atoms in total. The van der Waals surface area contributed by atoms with Crippen molar-refractivity contribution in [1.82, 2.24) is 9.78 Å². The van der Waals surface area contributed by atoms with Gasteiger partial charge in [0.1, 0.15) is 17.9 Å². The predicted octanol–water partition coefficient (Wildman–Crippen LogP) is 3.66. The van der Waals surface area contributed by atoms with E-state index in [0.717, 1.165) is 12.1 Å². The lowest BCUT2D eigenvalue weighted by atomic mass is 10.2. The Balaban J connectivity index is 2.02. The number of terminal acetylenes is 1. The largest absolute Gasteiger partial charge is 0.433 e. The minimum Gasteiger partial charge on any atom is -0.433 e. The number of fused-ring (bicyclic) bond motifs is 1. The zero-order valence-corrected chi connectivity index (χ0v) is 13.2. The summed E-state index contributed by atoms with van der Waals surface area (Å²) in [4.78, 5) is 12.3. The first-order valence-corrected chi connectivity index (χ1v) is 7.44. The van der Waals surface area contributed by atoms with Gasteiger partial charge in [0, 0.05) is 10.9 Å². The molecule has 0 unspecified atom stereocenters. The van der Waals surface area contributed by atoms with Crippen LogP contribution in [0.15, 0.2) is 42.5 Å². The summed E-state index contributed by atoms with van der Waals surface area (Å²) in [6, 6.07) is 9.38. The Kier molecular flexibility index (Phi) is 4.80. The summed E-state index contributed by atoms with van der Waals surface area (Å²) in [6.07, 6.45) is 5.30. The Labute approximate surface area is 146 Å². The molecule has 8 heteroatoms. The first kappa shape index (κ1) is 17.4. The molecule has 3 aromatic rings. The van der Waals surface area contributed by atoms with Crippen molar-refractivity contribution in [3.8, 4) is 18.1 Å². The maximum atomic E-state index is 13.0. The fraction of sp³-hybridized carbons (Fsp3) is 0.111. The molecule has 1 amide bonds. The van der Waals surface area contributed by atoms with E-state index >= 15 is 0 Å². The monoisotopic (exact) mass is 359 g/mol. The summed E-state index contributed by atoms with van der Waals surface area (Å²) in [7, 11) is 0. The van der Waals surface area contributed by atoms with Gasteiger partial charge in [-0.1, -0.05) is 12.0 Å². The van der Waals surface area contributed by atoms with Gasteiger partial charge in [-0.15, -0.1) is 6.42 Å². The number of ether oxygens (including phenoxy) is 1. The Morgan fingerprint density at radius 3 is 2.65 bits per heavy atom. The van der Waals surface area contributed by atoms with Crippen molar-refractivity contribution in [3.05, 3.63) is 53.8 Å². The van der Waals surface area contributed by atoms with Crippen LogP contribution in [0.4, 0.5) is 19.0 Å². The van der Waals surface area contributed by atoms with E-state index in [1.165, 1.54) is 28.9 Å². The number of alkyl halides is 2. The van der Waals surface area contributed by atoms with E-state index < -0.39 is 18.3 Å². The molecule has 2 aromatic carbocycles. The molecule has 0 saturated carbocycles. The Morgan fingerprint density at radius 1 is 1.27 bits per heavy atom. The summed E-state index contributed by atoms with van der Waals surface area (Å²) >= 11 is 0. The van der Waals surface area contributed by atoms with Gasteiger partial charge in [-0.2, -0.15) is 13.9 Å². The number of carbonyl (C=O) groups is 1. The molecule has 0 bridgehead atoms. The normalized spacial score (nSPS) is 10.7. The lowest BCUT2D eigenvalue weighted by molar-refractivity contribution is -0.0490. The van der Waals surface area contributed by atoms with Gasteiger partial charge >= 0.3 is 6.61 Å². The van der Waals surface area contributed by atoms with Crippen molar-refractivity contribution in [2.24, 2.45) is 0 Å². The lowest BCUT2D eigenvalue weighted by Crippen LogP contribution is -2.12. The summed E-state index contributed by atoms with van der Waals surface area (Å²) in [5, 5.41) is 7.13. The van der Waals surface area contributed by atoms with Gasteiger partial charge in [0.05, 0.1) is 0 Å². The van der Waals surface area contributed by atoms with Crippen LogP contribution in [0.25, 0.3) is 10.9 Å². The minimum absolute atomic E-state index is 0.00741. The summed E-state index contributed by atoms with van der Waals surface area (Å²) in [5.41, 5.74) is 0.450. The number of nitrogens with one attached hydrogen (secondary N) is 1. The third-order valence-electron chi connectivity index (χ3n) is 3.53. The zero-order chi connectivity index (χ0) is 18.7. The Bertz CT molecular complexity index is 991. The third kappa shape index (κ3) is 3.47. The number of para-hydroxylation sites is 1. The van der Waals surface area contributed by atoms with Crippen LogP contribution < -0.4 is 10.1 Å². The number of rotatable bonds is 5. The van der Waals surface area contributed by atoms with E-state index in [9.17, 15) is 18.0 Å². The first-order valence-electron chi connectivity index (χ1n) is 7.44. The van der Waals surface area contributed by atoms with Gasteiger partial charge in [-0.3, -0.25) is 4.79 Å². The van der Waals surface area contributed by atoms with Crippen molar-refractivity contribution in [2.45, 2.75) is 13.2 Å². The molecule has 1 heterocycles. The van der Waals surface area contributed by atoms with Crippen LogP contribution in [0.1, 0.15) is 10.4 Å². The van der Waals surface area contributed by atoms with Gasteiger partial charge in [-0.05, 0) is 36.4 Å². The molecule has 0 aliphatic heterocycles. The van der Waals surface area contributed by atoms with E-state index in [1.807, 2.05) is 0 Å². The second-order valence-electron chi connectivity index (χ2n) is 5.20. The number of hydrogen-bond acceptors (Lipinski definition) is 3. The van der Waals surface area contributed by atoms with Crippen LogP contribution in [0.3, 0.4) is 0 Å². The molecule has 0 atom stereocenters. The van der Waals surface area contributed by atoms with Crippen molar-refractivity contribution in [2.75, 3.05) is 5.32 Å². The molecule has 0 aliphatic carbocycles. The highest BCUT2D eigenvalue weighted by Gasteiger charge is 2.18. The van der Waals surface area contributed by atoms with Gasteiger partial charge in [0.2, 0.25) is 0 Å². The topological polar surface area (TPSA) is 56.2 Å². The third-order valence-corrected chi connectivity index (χ3v) is 3.53. The molecular weight excluding hydrogens is 347 g/mol. The molecule has 0 fully saturated rings. The van der Waals surface area contributed by atoms with Crippen molar-refractivity contribution >= 4 is 22.6 Å². The van der Waals surface area contributed by atoms with Crippen LogP contribution in [-0.4, -0.2) is 22.3 Å². The van der Waals surface area contributed by atoms with E-state index in [4.69, 9.17) is 6.42 Å². The number of anilines is 1. The molecule has 1 aromatic heterocycles. The standard InChI is InChI=1S/C18H12F3N3O2/c1-2-10-24-15-13(4-3-5-14(15)26-18(20)21)16(23-24)22-17(25)11-6-8-12(19)9-7-11/h1,3-9,18H,10H2,(H,22,23,25). The number of benzene rings is 2. The highest BCUT2D eigenvalue weighted by atomic mass is 19.3. The second kappa shape index (κ2) is 7.19. The molecule has 26 heavy (non-hydrogen) atoms. The number of aromatic nitrogens is 2. The number of carbonyl (C=O) groups excluding carboxylic acids is 1. The van der Waals surface area contributed by atoms with Crippen LogP contribution in [0.2, 0.25) is 0 Å². The van der Waals surface area contributed by atoms with Gasteiger partial charge in [0.15, 0.2) is 11.6 Å². The van der Waals surface area contributed by atoms with Crippen molar-refractivity contribution < 1.29 is 22.7 Å². The SMILES string of the molecule is C#CCn1nc(NC(=O)c2ccc(F)cc2)c2cccc(OC(F)F)c21. The molecular formula is C18H12F3N3O2. The quantitative estimate of drug-likeness (QED) is 0.708. The highest BCUT2D eigenvalue weighted by Crippen LogP contribution is 2.32. The average Bonchev–Trinajstić information content (AvgIpc) is 2.94. The fourth-order valence-electron chi connectivity index (χ4n) is 2.47. The molecule has 0 spiro atoms. The minimum atomic E-state index is -3.02. The second-order valence-corrected chi connectivity index (χ2v) is 5.20. The van der Waals surface area contributed by atoms with Crippen LogP contribution in [0, 0.1) is 18.2 Å². The summed E-state index contributed by atoms with van der Waals surface area (Å²) in [6.45, 7) is -3.03. The van der Waals surface area contributed by atoms with Crippen molar-refractivity contribution in [3.63, 3.8) is 0 Å². The maximum absolute atomic E-state index is 13.0. The number of hydrogen-bond donors (Lipinski definition) is 1. The molecule has 132 valence electrons. The number of nitrogens with zero attached hydrogens (tertiary/aromatic N) is 2. The predicted molar refractivity (Wildman–Crippen MR) is 89.6 cm³/mol. The number of halogens is 3. The van der Waals surface area contributed by atoms with Crippen LogP contribution >= 0.6 is 0 Å². The van der Waals surface area contributed by atoms with Gasteiger partial charge in [-0.25, -0.2) is 9.07 Å². The Morgan fingerprint density at radius 2 is 2.00 bits per heavy atom. The molecule has 3 rings (SSSR count). The van der Waals surface area contributed by atoms with Gasteiger partial charge < -0.3 is 10.1 Å². The maximum Gasteiger partial charge on any atom is 0.387 e. The highest BCUT2D eigenvalue weighted by molar-refractivity contribution is 6.08. The molecule has 1 N–H and O–H groups in total. The molecule has 0 radical (unpaired) electrons. The van der Waals surface area contributed by atoms with Crippen LogP contribution in [-0.2, 0) is 6.54 Å². The van der Waals surface area contributed by atoms with Gasteiger partial charge in [0.25, 0.3) is 5.91 Å². The first-order chi connectivity index (χ1) is 12.5. The van der Waals surface area contributed by atoms with E-state index in [2.05, 4.69) is 21.1 Å². The van der Waals surface area contributed by atoms with Crippen molar-refractivity contribution in [1.29, 1.82) is 0 Å². The summed E-state index contributed by atoms with van der Waals surface area (Å²) < 4.78 is 44.1. The zero-order valence-electron chi connectivity index (χ0n) is 13.2. The van der Waals surface area contributed by atoms with E-state index in [1.54, 1.807) is 6.07 Å². The van der Waals surface area contributed by atoms with Crippen LogP contribution in [0.5, 0.6) is 5.75 Å².